The summed E-state index contributed by atoms with van der Waals surface area (Å²) < 4.78 is 14.0. The summed E-state index contributed by atoms with van der Waals surface area (Å²) in [5.41, 5.74) is 0. The first-order valence-corrected chi connectivity index (χ1v) is 7.89. The molecule has 24 heavy (non-hydrogen) atoms. The van der Waals surface area contributed by atoms with E-state index in [4.69, 9.17) is 50.6 Å². The summed E-state index contributed by atoms with van der Waals surface area (Å²) in [6, 6.07) is 0. The lowest BCUT2D eigenvalue weighted by molar-refractivity contribution is -0.127. The highest BCUT2D eigenvalue weighted by Gasteiger charge is 2.27. The van der Waals surface area contributed by atoms with Crippen LogP contribution in [-0.2, 0) is 13.9 Å². The van der Waals surface area contributed by atoms with Gasteiger partial charge in [-0.1, -0.05) is 0 Å². The Balaban J connectivity index is 0. The van der Waals surface area contributed by atoms with Crippen LogP contribution in [0.3, 0.4) is 0 Å². The van der Waals surface area contributed by atoms with Crippen molar-refractivity contribution in [1.82, 2.24) is 0 Å². The number of hydrogen-bond acceptors (Lipinski definition) is 11. The predicted octanol–water partition coefficient (Wildman–Crippen LogP) is -5.57. The Bertz CT molecular complexity index is 364. The summed E-state index contributed by atoms with van der Waals surface area (Å²) in [4.78, 5) is 26.4. The second-order valence-electron chi connectivity index (χ2n) is 4.46. The highest BCUT2D eigenvalue weighted by molar-refractivity contribution is 7.46. The number of aldehydes is 1. The molecule has 0 saturated carbocycles. The van der Waals surface area contributed by atoms with E-state index < -0.39 is 64.3 Å². The average Bonchev–Trinajstić information content (AvgIpc) is 2.55. The summed E-state index contributed by atoms with van der Waals surface area (Å²) in [6.45, 7) is -2.17. The topological polar surface area (TPSA) is 246 Å². The van der Waals surface area contributed by atoms with Crippen LogP contribution >= 0.6 is 7.82 Å². The fourth-order valence-electron chi connectivity index (χ4n) is 1.05. The second-order valence-corrected chi connectivity index (χ2v) is 5.70. The first kappa shape index (κ1) is 25.7. The Morgan fingerprint density at radius 1 is 0.833 bits per heavy atom. The molecule has 0 rings (SSSR count). The quantitative estimate of drug-likeness (QED) is 0.125. The van der Waals surface area contributed by atoms with Crippen molar-refractivity contribution >= 4 is 14.1 Å². The molecule has 10 N–H and O–H groups in total. The van der Waals surface area contributed by atoms with Crippen LogP contribution in [0.5, 0.6) is 0 Å². The maximum absolute atomic E-state index is 10.1. The zero-order valence-electron chi connectivity index (χ0n) is 12.3. The highest BCUT2D eigenvalue weighted by Crippen LogP contribution is 2.35. The van der Waals surface area contributed by atoms with Gasteiger partial charge in [0.15, 0.2) is 6.29 Å². The van der Waals surface area contributed by atoms with Crippen LogP contribution < -0.4 is 0 Å². The molecule has 0 saturated heterocycles. The van der Waals surface area contributed by atoms with Gasteiger partial charge < -0.3 is 55.4 Å². The molecule has 0 aromatic rings. The van der Waals surface area contributed by atoms with Crippen LogP contribution in [0, 0.1) is 0 Å². The van der Waals surface area contributed by atoms with E-state index in [0.717, 1.165) is 0 Å². The summed E-state index contributed by atoms with van der Waals surface area (Å²) in [6.07, 6.45) is -9.75. The molecule has 14 heteroatoms. The van der Waals surface area contributed by atoms with E-state index in [1.54, 1.807) is 0 Å². The Hall–Kier alpha value is -0.540. The van der Waals surface area contributed by atoms with Crippen molar-refractivity contribution in [2.24, 2.45) is 0 Å². The molecule has 0 spiro atoms. The third kappa shape index (κ3) is 11.9. The number of aliphatic hydroxyl groups is 8. The van der Waals surface area contributed by atoms with Crippen LogP contribution in [0.25, 0.3) is 0 Å². The van der Waals surface area contributed by atoms with E-state index in [1.165, 1.54) is 0 Å². The van der Waals surface area contributed by atoms with Crippen LogP contribution in [-0.4, -0.2) is 113 Å². The van der Waals surface area contributed by atoms with E-state index >= 15 is 0 Å². The monoisotopic (exact) mass is 382 g/mol. The minimum atomic E-state index is -4.74. The number of hydrogen-bond donors (Lipinski definition) is 10. The van der Waals surface area contributed by atoms with Gasteiger partial charge in [0, 0.05) is 0 Å². The molecular formula is C10H23O13P. The molecule has 13 nitrogen and oxygen atoms in total. The summed E-state index contributed by atoms with van der Waals surface area (Å²) in [5.74, 6) is 0. The molecule has 0 aliphatic rings. The summed E-state index contributed by atoms with van der Waals surface area (Å²) in [5, 5.41) is 69.1. The summed E-state index contributed by atoms with van der Waals surface area (Å²) >= 11 is 0. The van der Waals surface area contributed by atoms with Crippen LogP contribution in [0.2, 0.25) is 0 Å². The number of carbonyl (C=O) groups excluding carboxylic acids is 1. The van der Waals surface area contributed by atoms with Gasteiger partial charge in [-0.2, -0.15) is 0 Å². The van der Waals surface area contributed by atoms with Gasteiger partial charge in [-0.3, -0.25) is 4.52 Å². The molecule has 0 aliphatic carbocycles. The van der Waals surface area contributed by atoms with Gasteiger partial charge in [-0.25, -0.2) is 4.57 Å². The minimum Gasteiger partial charge on any atom is -0.394 e. The van der Waals surface area contributed by atoms with E-state index in [0.29, 0.717) is 0 Å². The van der Waals surface area contributed by atoms with Crippen molar-refractivity contribution in [3.63, 3.8) is 0 Å². The number of phosphoric ester groups is 1. The fourth-order valence-corrected chi connectivity index (χ4v) is 1.40. The number of carbonyl (C=O) groups is 1. The predicted molar refractivity (Wildman–Crippen MR) is 74.3 cm³/mol. The lowest BCUT2D eigenvalue weighted by Gasteiger charge is -2.19. The van der Waals surface area contributed by atoms with Gasteiger partial charge in [0.05, 0.1) is 19.8 Å². The van der Waals surface area contributed by atoms with Crippen molar-refractivity contribution in [2.45, 2.75) is 36.6 Å². The maximum atomic E-state index is 10.1. The maximum Gasteiger partial charge on any atom is 0.469 e. The third-order valence-corrected chi connectivity index (χ3v) is 2.95. The lowest BCUT2D eigenvalue weighted by Crippen LogP contribution is -2.41. The van der Waals surface area contributed by atoms with Gasteiger partial charge in [-0.05, 0) is 0 Å². The molecule has 0 fully saturated rings. The Labute approximate surface area is 136 Å². The molecule has 0 amide bonds. The molecule has 0 heterocycles. The van der Waals surface area contributed by atoms with Crippen molar-refractivity contribution < 1.29 is 64.5 Å². The number of aliphatic hydroxyl groups excluding tert-OH is 8. The largest absolute Gasteiger partial charge is 0.469 e. The van der Waals surface area contributed by atoms with Crippen LogP contribution in [0.4, 0.5) is 0 Å². The normalized spacial score (nSPS) is 19.2. The first-order valence-electron chi connectivity index (χ1n) is 6.36. The molecule has 0 unspecified atom stereocenters. The van der Waals surface area contributed by atoms with Gasteiger partial charge in [-0.15, -0.1) is 0 Å². The van der Waals surface area contributed by atoms with Gasteiger partial charge in [0.25, 0.3) is 0 Å². The molecule has 146 valence electrons. The Kier molecular flexibility index (Phi) is 13.7. The van der Waals surface area contributed by atoms with Crippen molar-refractivity contribution in [1.29, 1.82) is 0 Å². The van der Waals surface area contributed by atoms with Crippen molar-refractivity contribution in [3.8, 4) is 0 Å². The van der Waals surface area contributed by atoms with E-state index in [2.05, 4.69) is 4.52 Å². The fraction of sp³-hybridized carbons (Fsp3) is 0.900. The standard InChI is InChI=1S/C5H11O8P.C5H12O5/c6-1-3(7)5(9)4(8)2-13-14(10,11)12;6-1-3(8)5(10)4(9)2-7/h1,3-5,7-9H,2H2,(H2,10,11,12);3-10H,1-2H2/t2*3-,4+,5-/m0./s1. The smallest absolute Gasteiger partial charge is 0.394 e. The third-order valence-electron chi connectivity index (χ3n) is 2.46. The second kappa shape index (κ2) is 12.8. The minimum absolute atomic E-state index is 0.0225. The van der Waals surface area contributed by atoms with Gasteiger partial charge in [0.1, 0.15) is 36.6 Å². The highest BCUT2D eigenvalue weighted by atomic mass is 31.2. The Morgan fingerprint density at radius 3 is 1.54 bits per heavy atom. The molecule has 0 aromatic heterocycles. The first-order chi connectivity index (χ1) is 10.9. The van der Waals surface area contributed by atoms with Crippen molar-refractivity contribution in [3.05, 3.63) is 0 Å². The van der Waals surface area contributed by atoms with E-state index in [-0.39, 0.29) is 6.29 Å². The summed E-state index contributed by atoms with van der Waals surface area (Å²) in [7, 11) is -4.74. The van der Waals surface area contributed by atoms with E-state index in [1.807, 2.05) is 0 Å². The Morgan fingerprint density at radius 2 is 1.25 bits per heavy atom. The number of rotatable bonds is 10. The van der Waals surface area contributed by atoms with Crippen molar-refractivity contribution in [2.75, 3.05) is 19.8 Å². The lowest BCUT2D eigenvalue weighted by atomic mass is 10.1. The zero-order valence-corrected chi connectivity index (χ0v) is 13.2. The van der Waals surface area contributed by atoms with Crippen LogP contribution in [0.15, 0.2) is 0 Å². The van der Waals surface area contributed by atoms with E-state index in [9.17, 15) is 9.36 Å². The molecular weight excluding hydrogens is 359 g/mol. The van der Waals surface area contributed by atoms with Crippen LogP contribution in [0.1, 0.15) is 0 Å². The van der Waals surface area contributed by atoms with Gasteiger partial charge in [0.2, 0.25) is 0 Å². The molecule has 0 aliphatic heterocycles. The molecule has 0 aromatic carbocycles. The zero-order chi connectivity index (χ0) is 19.5. The average molecular weight is 382 g/mol. The van der Waals surface area contributed by atoms with Gasteiger partial charge >= 0.3 is 7.82 Å². The molecule has 0 bridgehead atoms. The molecule has 0 radical (unpaired) electrons. The molecule has 6 atom stereocenters. The number of phosphoric acid groups is 1. The SMILES string of the molecule is O=C[C@H](O)[C@H](O)[C@H](O)COP(=O)(O)O.OC[C@@H](O)[C@@H](O)[C@@H](O)CO.